The zero-order chi connectivity index (χ0) is 14.8. The molecule has 3 rings (SSSR count). The number of amides is 1. The summed E-state index contributed by atoms with van der Waals surface area (Å²) in [6.07, 6.45) is 4.90. The monoisotopic (exact) mass is 283 g/mol. The molecule has 1 amide bonds. The van der Waals surface area contributed by atoms with Crippen LogP contribution in [-0.4, -0.2) is 35.3 Å². The molecule has 1 unspecified atom stereocenters. The molecule has 1 heterocycles. The topological polar surface area (TPSA) is 58.2 Å². The van der Waals surface area contributed by atoms with Gasteiger partial charge in [0.15, 0.2) is 5.69 Å². The van der Waals surface area contributed by atoms with Gasteiger partial charge < -0.3 is 0 Å². The number of benzene rings is 1. The molecule has 1 aromatic carbocycles. The Hall–Kier alpha value is -2.40. The van der Waals surface area contributed by atoms with E-state index >= 15 is 0 Å². The van der Waals surface area contributed by atoms with Crippen LogP contribution in [0.5, 0.6) is 0 Å². The summed E-state index contributed by atoms with van der Waals surface area (Å²) in [5, 5.41) is 8.30. The third-order valence-corrected chi connectivity index (χ3v) is 3.79. The second kappa shape index (κ2) is 5.54. The average Bonchev–Trinajstić information content (AvgIpc) is 2.97. The van der Waals surface area contributed by atoms with Crippen molar-refractivity contribution in [2.75, 3.05) is 14.2 Å². The van der Waals surface area contributed by atoms with Crippen molar-refractivity contribution < 1.29 is 9.63 Å². The first-order valence-electron chi connectivity index (χ1n) is 6.83. The van der Waals surface area contributed by atoms with Gasteiger partial charge in [0.05, 0.1) is 7.11 Å². The van der Waals surface area contributed by atoms with Crippen LogP contribution in [0.3, 0.4) is 0 Å². The highest BCUT2D eigenvalue weighted by Crippen LogP contribution is 2.30. The number of nitrogens with zero attached hydrogens (tertiary/aromatic N) is 2. The minimum atomic E-state index is -0.252. The molecule has 1 atom stereocenters. The highest BCUT2D eigenvalue weighted by Gasteiger charge is 2.25. The maximum atomic E-state index is 12.1. The van der Waals surface area contributed by atoms with Gasteiger partial charge in [-0.05, 0) is 5.56 Å². The summed E-state index contributed by atoms with van der Waals surface area (Å²) in [7, 11) is 3.03. The van der Waals surface area contributed by atoms with Gasteiger partial charge in [-0.1, -0.05) is 42.5 Å². The van der Waals surface area contributed by atoms with Crippen molar-refractivity contribution in [2.24, 2.45) is 0 Å². The fourth-order valence-corrected chi connectivity index (χ4v) is 2.55. The molecule has 1 N–H and O–H groups in total. The lowest BCUT2D eigenvalue weighted by molar-refractivity contribution is -0.0760. The van der Waals surface area contributed by atoms with Crippen LogP contribution in [0.25, 0.3) is 6.08 Å². The lowest BCUT2D eigenvalue weighted by Crippen LogP contribution is -2.26. The average molecular weight is 283 g/mol. The SMILES string of the molecule is CON(C)C(=O)c1n[nH]c2c1C=CC(c1ccccc1)C2. The summed E-state index contributed by atoms with van der Waals surface area (Å²) in [4.78, 5) is 17.1. The molecule has 5 nitrogen and oxygen atoms in total. The van der Waals surface area contributed by atoms with Gasteiger partial charge in [-0.2, -0.15) is 5.10 Å². The molecule has 108 valence electrons. The van der Waals surface area contributed by atoms with Gasteiger partial charge in [-0.3, -0.25) is 14.7 Å². The molecular formula is C16H17N3O2. The van der Waals surface area contributed by atoms with E-state index < -0.39 is 0 Å². The van der Waals surface area contributed by atoms with Crippen molar-refractivity contribution in [3.63, 3.8) is 0 Å². The largest absolute Gasteiger partial charge is 0.298 e. The Balaban J connectivity index is 1.88. The van der Waals surface area contributed by atoms with E-state index in [0.29, 0.717) is 11.6 Å². The molecule has 21 heavy (non-hydrogen) atoms. The molecule has 2 aromatic rings. The summed E-state index contributed by atoms with van der Waals surface area (Å²) in [6.45, 7) is 0. The van der Waals surface area contributed by atoms with Crippen LogP contribution >= 0.6 is 0 Å². The van der Waals surface area contributed by atoms with Crippen LogP contribution in [0.1, 0.15) is 33.2 Å². The molecular weight excluding hydrogens is 266 g/mol. The highest BCUT2D eigenvalue weighted by molar-refractivity contribution is 5.95. The molecule has 0 radical (unpaired) electrons. The number of fused-ring (bicyclic) bond motifs is 1. The Morgan fingerprint density at radius 1 is 1.38 bits per heavy atom. The molecule has 1 aromatic heterocycles. The predicted octanol–water partition coefficient (Wildman–Crippen LogP) is 2.40. The normalized spacial score (nSPS) is 16.6. The molecule has 1 aliphatic carbocycles. The van der Waals surface area contributed by atoms with E-state index in [-0.39, 0.29) is 5.91 Å². The second-order valence-corrected chi connectivity index (χ2v) is 5.03. The van der Waals surface area contributed by atoms with Gasteiger partial charge in [0.25, 0.3) is 5.91 Å². The van der Waals surface area contributed by atoms with Gasteiger partial charge in [0, 0.05) is 30.6 Å². The first-order chi connectivity index (χ1) is 10.2. The first kappa shape index (κ1) is 13.6. The van der Waals surface area contributed by atoms with E-state index in [1.54, 1.807) is 7.05 Å². The van der Waals surface area contributed by atoms with Gasteiger partial charge in [-0.15, -0.1) is 0 Å². The number of carbonyl (C=O) groups excluding carboxylic acids is 1. The highest BCUT2D eigenvalue weighted by atomic mass is 16.7. The number of carbonyl (C=O) groups is 1. The van der Waals surface area contributed by atoms with Crippen molar-refractivity contribution in [2.45, 2.75) is 12.3 Å². The van der Waals surface area contributed by atoms with Crippen LogP contribution in [0, 0.1) is 0 Å². The third-order valence-electron chi connectivity index (χ3n) is 3.79. The van der Waals surface area contributed by atoms with E-state index in [4.69, 9.17) is 4.84 Å². The fourth-order valence-electron chi connectivity index (χ4n) is 2.55. The minimum absolute atomic E-state index is 0.252. The van der Waals surface area contributed by atoms with Gasteiger partial charge in [0.2, 0.25) is 0 Å². The van der Waals surface area contributed by atoms with E-state index in [0.717, 1.165) is 17.7 Å². The quantitative estimate of drug-likeness (QED) is 0.880. The number of allylic oxidation sites excluding steroid dienone is 1. The Morgan fingerprint density at radius 3 is 2.86 bits per heavy atom. The van der Waals surface area contributed by atoms with Crippen LogP contribution < -0.4 is 0 Å². The third kappa shape index (κ3) is 2.48. The van der Waals surface area contributed by atoms with E-state index in [2.05, 4.69) is 28.4 Å². The molecule has 5 heteroatoms. The molecule has 0 spiro atoms. The van der Waals surface area contributed by atoms with Gasteiger partial charge >= 0.3 is 0 Å². The fraction of sp³-hybridized carbons (Fsp3) is 0.250. The van der Waals surface area contributed by atoms with Crippen LogP contribution in [-0.2, 0) is 11.3 Å². The Labute approximate surface area is 123 Å². The molecule has 0 aliphatic heterocycles. The molecule has 0 fully saturated rings. The molecule has 0 bridgehead atoms. The van der Waals surface area contributed by atoms with Crippen LogP contribution in [0.4, 0.5) is 0 Å². The number of hydrogen-bond donors (Lipinski definition) is 1. The van der Waals surface area contributed by atoms with Gasteiger partial charge in [-0.25, -0.2) is 5.06 Å². The second-order valence-electron chi connectivity index (χ2n) is 5.03. The summed E-state index contributed by atoms with van der Waals surface area (Å²) in [5.74, 6) is 0.0556. The maximum absolute atomic E-state index is 12.1. The number of hydroxylamine groups is 2. The molecule has 0 saturated carbocycles. The summed E-state index contributed by atoms with van der Waals surface area (Å²) in [5.41, 5.74) is 3.50. The number of hydrogen-bond acceptors (Lipinski definition) is 3. The Morgan fingerprint density at radius 2 is 2.14 bits per heavy atom. The number of nitrogens with one attached hydrogen (secondary N) is 1. The lowest BCUT2D eigenvalue weighted by Gasteiger charge is -2.17. The number of aromatic nitrogens is 2. The molecule has 1 aliphatic rings. The van der Waals surface area contributed by atoms with E-state index in [1.807, 2.05) is 24.3 Å². The minimum Gasteiger partial charge on any atom is -0.281 e. The van der Waals surface area contributed by atoms with Crippen molar-refractivity contribution in [1.29, 1.82) is 0 Å². The number of rotatable bonds is 3. The van der Waals surface area contributed by atoms with E-state index in [9.17, 15) is 4.79 Å². The summed E-state index contributed by atoms with van der Waals surface area (Å²) >= 11 is 0. The Bertz CT molecular complexity index is 676. The summed E-state index contributed by atoms with van der Waals surface area (Å²) < 4.78 is 0. The van der Waals surface area contributed by atoms with Crippen molar-refractivity contribution >= 4 is 12.0 Å². The zero-order valence-corrected chi connectivity index (χ0v) is 12.0. The maximum Gasteiger partial charge on any atom is 0.298 e. The van der Waals surface area contributed by atoms with Crippen molar-refractivity contribution in [3.05, 3.63) is 58.9 Å². The van der Waals surface area contributed by atoms with Crippen molar-refractivity contribution in [1.82, 2.24) is 15.3 Å². The number of H-pyrrole nitrogens is 1. The zero-order valence-electron chi connectivity index (χ0n) is 12.0. The van der Waals surface area contributed by atoms with Crippen LogP contribution in [0.2, 0.25) is 0 Å². The predicted molar refractivity (Wildman–Crippen MR) is 79.6 cm³/mol. The van der Waals surface area contributed by atoms with Crippen molar-refractivity contribution in [3.8, 4) is 0 Å². The Kier molecular flexibility index (Phi) is 3.58. The lowest BCUT2D eigenvalue weighted by atomic mass is 9.88. The molecule has 0 saturated heterocycles. The van der Waals surface area contributed by atoms with Gasteiger partial charge in [0.1, 0.15) is 0 Å². The van der Waals surface area contributed by atoms with Crippen LogP contribution in [0.15, 0.2) is 36.4 Å². The smallest absolute Gasteiger partial charge is 0.281 e. The first-order valence-corrected chi connectivity index (χ1v) is 6.83. The number of aromatic amines is 1. The van der Waals surface area contributed by atoms with E-state index in [1.165, 1.54) is 17.7 Å². The standard InChI is InChI=1S/C16H17N3O2/c1-19(21-2)16(20)15-13-9-8-12(10-14(13)17-18-15)11-6-4-3-5-7-11/h3-9,12H,10H2,1-2H3,(H,17,18). The summed E-state index contributed by atoms with van der Waals surface area (Å²) in [6, 6.07) is 10.3.